The molecule has 0 unspecified atom stereocenters. The molecule has 0 fully saturated rings. The van der Waals surface area contributed by atoms with E-state index in [0.29, 0.717) is 0 Å². The minimum atomic E-state index is 0.889. The zero-order valence-corrected chi connectivity index (χ0v) is 10.6. The molecule has 0 saturated heterocycles. The van der Waals surface area contributed by atoms with Crippen molar-refractivity contribution in [1.82, 2.24) is 15.1 Å². The number of aromatic nitrogens is 2. The van der Waals surface area contributed by atoms with Crippen molar-refractivity contribution >= 4 is 15.9 Å². The molecule has 0 amide bonds. The van der Waals surface area contributed by atoms with Crippen molar-refractivity contribution in [1.29, 1.82) is 0 Å². The average Bonchev–Trinajstić information content (AvgIpc) is 2.79. The third-order valence-electron chi connectivity index (χ3n) is 2.94. The van der Waals surface area contributed by atoms with Gasteiger partial charge in [0.2, 0.25) is 0 Å². The van der Waals surface area contributed by atoms with Crippen molar-refractivity contribution in [3.63, 3.8) is 0 Å². The molecule has 0 saturated carbocycles. The summed E-state index contributed by atoms with van der Waals surface area (Å²) in [7, 11) is 2.01. The largest absolute Gasteiger partial charge is 0.307 e. The average molecular weight is 278 g/mol. The van der Waals surface area contributed by atoms with Gasteiger partial charge in [0.1, 0.15) is 0 Å². The lowest BCUT2D eigenvalue weighted by Gasteiger charge is -2.05. The summed E-state index contributed by atoms with van der Waals surface area (Å²) in [6, 6.07) is 8.38. The highest BCUT2D eigenvalue weighted by molar-refractivity contribution is 9.10. The van der Waals surface area contributed by atoms with Gasteiger partial charge in [0, 0.05) is 35.7 Å². The number of rotatable bonds is 1. The third kappa shape index (κ3) is 1.49. The van der Waals surface area contributed by atoms with Gasteiger partial charge in [-0.15, -0.1) is 0 Å². The van der Waals surface area contributed by atoms with Gasteiger partial charge in [-0.1, -0.05) is 28.1 Å². The van der Waals surface area contributed by atoms with Crippen LogP contribution in [0.3, 0.4) is 0 Å². The summed E-state index contributed by atoms with van der Waals surface area (Å²) in [4.78, 5) is 0. The molecule has 1 aliphatic rings. The van der Waals surface area contributed by atoms with E-state index in [4.69, 9.17) is 0 Å². The fraction of sp³-hybridized carbons (Fsp3) is 0.250. The predicted molar refractivity (Wildman–Crippen MR) is 66.9 cm³/mol. The number of halogens is 1. The zero-order chi connectivity index (χ0) is 11.1. The second kappa shape index (κ2) is 3.71. The van der Waals surface area contributed by atoms with Crippen molar-refractivity contribution in [2.24, 2.45) is 7.05 Å². The molecule has 3 rings (SSSR count). The van der Waals surface area contributed by atoms with Crippen LogP contribution in [0.5, 0.6) is 0 Å². The molecule has 2 aromatic rings. The molecular weight excluding hydrogens is 266 g/mol. The number of nitrogens with one attached hydrogen (secondary N) is 1. The van der Waals surface area contributed by atoms with Gasteiger partial charge >= 0.3 is 0 Å². The van der Waals surface area contributed by atoms with Gasteiger partial charge in [-0.25, -0.2) is 0 Å². The van der Waals surface area contributed by atoms with Crippen molar-refractivity contribution in [3.05, 3.63) is 40.0 Å². The molecule has 82 valence electrons. The van der Waals surface area contributed by atoms with E-state index in [9.17, 15) is 0 Å². The first-order valence-electron chi connectivity index (χ1n) is 5.27. The summed E-state index contributed by atoms with van der Waals surface area (Å²) < 4.78 is 3.09. The van der Waals surface area contributed by atoms with Gasteiger partial charge in [0.15, 0.2) is 0 Å². The second-order valence-corrected chi connectivity index (χ2v) is 4.92. The molecule has 0 radical (unpaired) electrons. The van der Waals surface area contributed by atoms with Gasteiger partial charge < -0.3 is 5.32 Å². The maximum absolute atomic E-state index is 4.53. The van der Waals surface area contributed by atoms with Crippen molar-refractivity contribution in [3.8, 4) is 11.3 Å². The lowest BCUT2D eigenvalue weighted by molar-refractivity contribution is 0.693. The van der Waals surface area contributed by atoms with Gasteiger partial charge in [-0.05, 0) is 12.1 Å². The molecule has 1 N–H and O–H groups in total. The van der Waals surface area contributed by atoms with Crippen LogP contribution in [0.4, 0.5) is 0 Å². The van der Waals surface area contributed by atoms with Crippen LogP contribution in [0.25, 0.3) is 11.3 Å². The summed E-state index contributed by atoms with van der Waals surface area (Å²) in [5.41, 5.74) is 4.97. The Morgan fingerprint density at radius 3 is 2.75 bits per heavy atom. The van der Waals surface area contributed by atoms with Crippen molar-refractivity contribution in [2.75, 3.05) is 0 Å². The van der Waals surface area contributed by atoms with Crippen LogP contribution < -0.4 is 5.32 Å². The van der Waals surface area contributed by atoms with E-state index in [-0.39, 0.29) is 0 Å². The minimum Gasteiger partial charge on any atom is -0.307 e. The molecule has 0 atom stereocenters. The fourth-order valence-electron chi connectivity index (χ4n) is 2.23. The standard InChI is InChI=1S/C12H12BrN3/c1-16-12(8-2-4-9(13)5-3-8)10-6-14-7-11(10)15-16/h2-5,14H,6-7H2,1H3. The lowest BCUT2D eigenvalue weighted by atomic mass is 10.1. The Labute approximate surface area is 103 Å². The Balaban J connectivity index is 2.16. The fourth-order valence-corrected chi connectivity index (χ4v) is 2.49. The van der Waals surface area contributed by atoms with E-state index in [2.05, 4.69) is 50.6 Å². The van der Waals surface area contributed by atoms with Gasteiger partial charge in [0.25, 0.3) is 0 Å². The molecule has 3 nitrogen and oxygen atoms in total. The first-order chi connectivity index (χ1) is 7.75. The van der Waals surface area contributed by atoms with E-state index >= 15 is 0 Å². The Bertz CT molecular complexity index is 528. The molecule has 1 aromatic carbocycles. The number of hydrogen-bond acceptors (Lipinski definition) is 2. The third-order valence-corrected chi connectivity index (χ3v) is 3.47. The van der Waals surface area contributed by atoms with E-state index in [1.165, 1.54) is 22.5 Å². The molecule has 4 heteroatoms. The van der Waals surface area contributed by atoms with Crippen LogP contribution in [0.15, 0.2) is 28.7 Å². The van der Waals surface area contributed by atoms with E-state index in [1.54, 1.807) is 0 Å². The second-order valence-electron chi connectivity index (χ2n) is 4.01. The van der Waals surface area contributed by atoms with Gasteiger partial charge in [-0.2, -0.15) is 5.10 Å². The summed E-state index contributed by atoms with van der Waals surface area (Å²) in [6.45, 7) is 1.81. The van der Waals surface area contributed by atoms with Crippen LogP contribution in [0.2, 0.25) is 0 Å². The maximum atomic E-state index is 4.53. The molecule has 1 aromatic heterocycles. The monoisotopic (exact) mass is 277 g/mol. The normalized spacial score (nSPS) is 14.1. The summed E-state index contributed by atoms with van der Waals surface area (Å²) in [5, 5.41) is 7.86. The van der Waals surface area contributed by atoms with Crippen LogP contribution >= 0.6 is 15.9 Å². The molecule has 1 aliphatic heterocycles. The van der Waals surface area contributed by atoms with Crippen LogP contribution in [0, 0.1) is 0 Å². The number of fused-ring (bicyclic) bond motifs is 1. The van der Waals surface area contributed by atoms with Crippen molar-refractivity contribution in [2.45, 2.75) is 13.1 Å². The lowest BCUT2D eigenvalue weighted by Crippen LogP contribution is -2.06. The van der Waals surface area contributed by atoms with Crippen LogP contribution in [0.1, 0.15) is 11.3 Å². The molecular formula is C12H12BrN3. The molecule has 0 aliphatic carbocycles. The molecule has 16 heavy (non-hydrogen) atoms. The van der Waals surface area contributed by atoms with Crippen LogP contribution in [-0.2, 0) is 20.1 Å². The van der Waals surface area contributed by atoms with E-state index < -0.39 is 0 Å². The summed E-state index contributed by atoms with van der Waals surface area (Å²) in [5.74, 6) is 0. The maximum Gasteiger partial charge on any atom is 0.0814 e. The summed E-state index contributed by atoms with van der Waals surface area (Å²) >= 11 is 3.45. The topological polar surface area (TPSA) is 29.9 Å². The Morgan fingerprint density at radius 1 is 1.25 bits per heavy atom. The molecule has 0 spiro atoms. The Morgan fingerprint density at radius 2 is 2.00 bits per heavy atom. The van der Waals surface area contributed by atoms with Gasteiger partial charge in [-0.3, -0.25) is 4.68 Å². The minimum absolute atomic E-state index is 0.889. The van der Waals surface area contributed by atoms with Gasteiger partial charge in [0.05, 0.1) is 11.4 Å². The highest BCUT2D eigenvalue weighted by Gasteiger charge is 2.21. The highest BCUT2D eigenvalue weighted by atomic mass is 79.9. The molecule has 0 bridgehead atoms. The smallest absolute Gasteiger partial charge is 0.0814 e. The number of hydrogen-bond donors (Lipinski definition) is 1. The quantitative estimate of drug-likeness (QED) is 0.868. The first-order valence-corrected chi connectivity index (χ1v) is 6.06. The van der Waals surface area contributed by atoms with Crippen molar-refractivity contribution < 1.29 is 0 Å². The Hall–Kier alpha value is -1.13. The Kier molecular flexibility index (Phi) is 2.33. The van der Waals surface area contributed by atoms with E-state index in [1.807, 2.05) is 11.7 Å². The molecule has 2 heterocycles. The predicted octanol–water partition coefficient (Wildman–Crippen LogP) is 2.45. The number of benzene rings is 1. The highest BCUT2D eigenvalue weighted by Crippen LogP contribution is 2.29. The number of aryl methyl sites for hydroxylation is 1. The number of nitrogens with zero attached hydrogens (tertiary/aromatic N) is 2. The van der Waals surface area contributed by atoms with Crippen LogP contribution in [-0.4, -0.2) is 9.78 Å². The zero-order valence-electron chi connectivity index (χ0n) is 9.00. The SMILES string of the molecule is Cn1nc2c(c1-c1ccc(Br)cc1)CNC2. The van der Waals surface area contributed by atoms with E-state index in [0.717, 1.165) is 17.6 Å². The summed E-state index contributed by atoms with van der Waals surface area (Å²) in [6.07, 6.45) is 0. The first kappa shape index (κ1) is 10.1.